The molecule has 0 aromatic carbocycles. The lowest BCUT2D eigenvalue weighted by molar-refractivity contribution is 0.300. The van der Waals surface area contributed by atoms with Gasteiger partial charge in [-0.05, 0) is 32.0 Å². The Hall–Kier alpha value is -0.870. The summed E-state index contributed by atoms with van der Waals surface area (Å²) in [5, 5.41) is 7.34. The fourth-order valence-corrected chi connectivity index (χ4v) is 2.12. The molecule has 1 aliphatic heterocycles. The molecule has 0 bridgehead atoms. The molecule has 0 spiro atoms. The van der Waals surface area contributed by atoms with Crippen LogP contribution in [0.5, 0.6) is 0 Å². The molecule has 0 aliphatic carbocycles. The number of nitrogens with one attached hydrogen (secondary N) is 1. The van der Waals surface area contributed by atoms with E-state index >= 15 is 0 Å². The minimum Gasteiger partial charge on any atom is -0.364 e. The maximum atomic E-state index is 4.83. The molecule has 1 aliphatic rings. The molecule has 1 N–H and O–H groups in total. The Morgan fingerprint density at radius 3 is 3.33 bits per heavy atom. The fourth-order valence-electron chi connectivity index (χ4n) is 2.12. The minimum absolute atomic E-state index is 0.803. The van der Waals surface area contributed by atoms with Gasteiger partial charge >= 0.3 is 0 Å². The Kier molecular flexibility index (Phi) is 3.75. The molecule has 15 heavy (non-hydrogen) atoms. The molecule has 84 valence electrons. The molecule has 0 amide bonds. The van der Waals surface area contributed by atoms with Crippen LogP contribution in [0.15, 0.2) is 16.9 Å². The van der Waals surface area contributed by atoms with E-state index in [4.69, 9.17) is 4.52 Å². The largest absolute Gasteiger partial charge is 0.364 e. The van der Waals surface area contributed by atoms with Crippen molar-refractivity contribution in [3.8, 4) is 0 Å². The van der Waals surface area contributed by atoms with Crippen LogP contribution in [0, 0.1) is 5.92 Å². The third-order valence-electron chi connectivity index (χ3n) is 2.93. The van der Waals surface area contributed by atoms with Crippen molar-refractivity contribution in [2.24, 2.45) is 5.92 Å². The molecule has 4 heteroatoms. The van der Waals surface area contributed by atoms with Crippen LogP contribution in [-0.2, 0) is 6.54 Å². The van der Waals surface area contributed by atoms with E-state index in [1.165, 1.54) is 19.5 Å². The summed E-state index contributed by atoms with van der Waals surface area (Å²) in [5.41, 5.74) is 1.04. The summed E-state index contributed by atoms with van der Waals surface area (Å²) in [4.78, 5) is 2.44. The number of aromatic nitrogens is 1. The van der Waals surface area contributed by atoms with Crippen molar-refractivity contribution < 1.29 is 4.52 Å². The van der Waals surface area contributed by atoms with E-state index in [0.717, 1.165) is 31.2 Å². The van der Waals surface area contributed by atoms with E-state index in [1.807, 2.05) is 6.07 Å². The Morgan fingerprint density at radius 2 is 2.60 bits per heavy atom. The van der Waals surface area contributed by atoms with Gasteiger partial charge in [0.25, 0.3) is 0 Å². The molecule has 2 heterocycles. The van der Waals surface area contributed by atoms with Crippen molar-refractivity contribution in [3.05, 3.63) is 18.0 Å². The van der Waals surface area contributed by atoms with Gasteiger partial charge in [0.15, 0.2) is 0 Å². The average molecular weight is 209 g/mol. The molecule has 0 saturated carbocycles. The first-order valence-electron chi connectivity index (χ1n) is 5.71. The van der Waals surface area contributed by atoms with Gasteiger partial charge in [-0.15, -0.1) is 0 Å². The van der Waals surface area contributed by atoms with Gasteiger partial charge in [0, 0.05) is 19.2 Å². The molecule has 1 aromatic rings. The maximum absolute atomic E-state index is 4.83. The molecule has 2 rings (SSSR count). The quantitative estimate of drug-likeness (QED) is 0.788. The number of rotatable bonds is 5. The number of nitrogens with zero attached hydrogens (tertiary/aromatic N) is 2. The topological polar surface area (TPSA) is 41.3 Å². The summed E-state index contributed by atoms with van der Waals surface area (Å²) < 4.78 is 4.83. The van der Waals surface area contributed by atoms with Crippen molar-refractivity contribution in [2.45, 2.75) is 19.9 Å². The van der Waals surface area contributed by atoms with Gasteiger partial charge in [-0.3, -0.25) is 4.90 Å². The van der Waals surface area contributed by atoms with Crippen molar-refractivity contribution in [3.63, 3.8) is 0 Å². The van der Waals surface area contributed by atoms with Crippen LogP contribution in [0.2, 0.25) is 0 Å². The lowest BCUT2D eigenvalue weighted by Gasteiger charge is -2.14. The minimum atomic E-state index is 0.803. The molecule has 1 unspecified atom stereocenters. The van der Waals surface area contributed by atoms with Gasteiger partial charge in [-0.2, -0.15) is 0 Å². The first-order valence-corrected chi connectivity index (χ1v) is 5.71. The van der Waals surface area contributed by atoms with Crippen LogP contribution >= 0.6 is 0 Å². The molecule has 1 fully saturated rings. The highest BCUT2D eigenvalue weighted by Gasteiger charge is 2.22. The second-order valence-corrected chi connectivity index (χ2v) is 4.19. The van der Waals surface area contributed by atoms with Crippen LogP contribution in [0.1, 0.15) is 19.0 Å². The third kappa shape index (κ3) is 3.04. The van der Waals surface area contributed by atoms with E-state index < -0.39 is 0 Å². The monoisotopic (exact) mass is 209 g/mol. The van der Waals surface area contributed by atoms with Crippen LogP contribution in [0.4, 0.5) is 0 Å². The third-order valence-corrected chi connectivity index (χ3v) is 2.93. The molecular formula is C11H19N3O. The second kappa shape index (κ2) is 5.28. The molecule has 1 aromatic heterocycles. The highest BCUT2D eigenvalue weighted by atomic mass is 16.5. The van der Waals surface area contributed by atoms with Crippen LogP contribution in [0.25, 0.3) is 0 Å². The van der Waals surface area contributed by atoms with Gasteiger partial charge < -0.3 is 9.84 Å². The van der Waals surface area contributed by atoms with Crippen LogP contribution in [-0.4, -0.2) is 36.2 Å². The summed E-state index contributed by atoms with van der Waals surface area (Å²) >= 11 is 0. The molecule has 0 radical (unpaired) electrons. The Labute approximate surface area is 90.6 Å². The molecular weight excluding hydrogens is 190 g/mol. The van der Waals surface area contributed by atoms with Gasteiger partial charge in [-0.1, -0.05) is 12.1 Å². The molecule has 4 nitrogen and oxygen atoms in total. The van der Waals surface area contributed by atoms with Gasteiger partial charge in [0.2, 0.25) is 0 Å². The first kappa shape index (κ1) is 10.6. The molecule has 1 atom stereocenters. The normalized spacial score (nSPS) is 22.3. The first-order chi connectivity index (χ1) is 7.38. The predicted molar refractivity (Wildman–Crippen MR) is 58.4 cm³/mol. The summed E-state index contributed by atoms with van der Waals surface area (Å²) in [6.07, 6.45) is 2.94. The number of hydrogen-bond donors (Lipinski definition) is 1. The number of hydrogen-bond acceptors (Lipinski definition) is 4. The summed E-state index contributed by atoms with van der Waals surface area (Å²) in [5.74, 6) is 0.803. The van der Waals surface area contributed by atoms with E-state index in [9.17, 15) is 0 Å². The van der Waals surface area contributed by atoms with E-state index in [-0.39, 0.29) is 0 Å². The van der Waals surface area contributed by atoms with Gasteiger partial charge in [-0.25, -0.2) is 0 Å². The highest BCUT2D eigenvalue weighted by molar-refractivity contribution is 4.96. The van der Waals surface area contributed by atoms with Crippen LogP contribution in [0.3, 0.4) is 0 Å². The zero-order valence-electron chi connectivity index (χ0n) is 9.28. The standard InChI is InChI=1S/C11H19N3O/c1-2-12-7-10-3-5-14(8-10)9-11-4-6-15-13-11/h4,6,10,12H,2-3,5,7-9H2,1H3. The van der Waals surface area contributed by atoms with Crippen LogP contribution < -0.4 is 5.32 Å². The zero-order chi connectivity index (χ0) is 10.5. The van der Waals surface area contributed by atoms with Crippen molar-refractivity contribution >= 4 is 0 Å². The zero-order valence-corrected chi connectivity index (χ0v) is 9.28. The predicted octanol–water partition coefficient (Wildman–Crippen LogP) is 1.11. The maximum Gasteiger partial charge on any atom is 0.124 e. The Morgan fingerprint density at radius 1 is 1.67 bits per heavy atom. The Bertz CT molecular complexity index is 273. The molecule has 1 saturated heterocycles. The average Bonchev–Trinajstić information content (AvgIpc) is 2.87. The SMILES string of the molecule is CCNCC1CCN(Cc2ccon2)C1. The van der Waals surface area contributed by atoms with Crippen molar-refractivity contribution in [1.82, 2.24) is 15.4 Å². The smallest absolute Gasteiger partial charge is 0.124 e. The van der Waals surface area contributed by atoms with Crippen molar-refractivity contribution in [2.75, 3.05) is 26.2 Å². The van der Waals surface area contributed by atoms with E-state index in [0.29, 0.717) is 0 Å². The lowest BCUT2D eigenvalue weighted by atomic mass is 10.1. The van der Waals surface area contributed by atoms with Gasteiger partial charge in [0.05, 0.1) is 5.69 Å². The summed E-state index contributed by atoms with van der Waals surface area (Å²) in [7, 11) is 0. The second-order valence-electron chi connectivity index (χ2n) is 4.19. The van der Waals surface area contributed by atoms with Gasteiger partial charge in [0.1, 0.15) is 6.26 Å². The summed E-state index contributed by atoms with van der Waals surface area (Å²) in [6.45, 7) is 7.66. The van der Waals surface area contributed by atoms with Crippen molar-refractivity contribution in [1.29, 1.82) is 0 Å². The lowest BCUT2D eigenvalue weighted by Crippen LogP contribution is -2.26. The summed E-state index contributed by atoms with van der Waals surface area (Å²) in [6, 6.07) is 1.94. The fraction of sp³-hybridized carbons (Fsp3) is 0.727. The van der Waals surface area contributed by atoms with E-state index in [2.05, 4.69) is 22.3 Å². The van der Waals surface area contributed by atoms with E-state index in [1.54, 1.807) is 6.26 Å². The number of likely N-dealkylation sites (tertiary alicyclic amines) is 1. The highest BCUT2D eigenvalue weighted by Crippen LogP contribution is 2.17. The Balaban J connectivity index is 1.73.